The molecule has 2 aromatic carbocycles. The highest BCUT2D eigenvalue weighted by Crippen LogP contribution is 2.27. The molecular weight excluding hydrogens is 418 g/mol. The van der Waals surface area contributed by atoms with E-state index < -0.39 is 5.67 Å². The molecular formula is C28H36F2N2O. The maximum Gasteiger partial charge on any atom is 0.253 e. The van der Waals surface area contributed by atoms with Crippen LogP contribution in [0.25, 0.3) is 11.1 Å². The number of aryl methyl sites for hydroxylation is 1. The summed E-state index contributed by atoms with van der Waals surface area (Å²) in [5, 5.41) is 0. The van der Waals surface area contributed by atoms with Crippen molar-refractivity contribution in [1.29, 1.82) is 0 Å². The number of amides is 1. The van der Waals surface area contributed by atoms with Crippen LogP contribution in [0.2, 0.25) is 0 Å². The lowest BCUT2D eigenvalue weighted by molar-refractivity contribution is 0.0792. The largest absolute Gasteiger partial charge is 0.339 e. The average molecular weight is 455 g/mol. The highest BCUT2D eigenvalue weighted by Gasteiger charge is 2.25. The van der Waals surface area contributed by atoms with Gasteiger partial charge >= 0.3 is 0 Å². The number of piperidine rings is 1. The molecule has 0 saturated carbocycles. The van der Waals surface area contributed by atoms with Gasteiger partial charge in [0.2, 0.25) is 0 Å². The Morgan fingerprint density at radius 3 is 2.21 bits per heavy atom. The van der Waals surface area contributed by atoms with Crippen LogP contribution in [0.15, 0.2) is 42.5 Å². The van der Waals surface area contributed by atoms with Crippen molar-refractivity contribution >= 4 is 5.91 Å². The maximum atomic E-state index is 14.8. The maximum absolute atomic E-state index is 14.8. The summed E-state index contributed by atoms with van der Waals surface area (Å²) >= 11 is 0. The van der Waals surface area contributed by atoms with E-state index in [1.165, 1.54) is 0 Å². The van der Waals surface area contributed by atoms with Crippen molar-refractivity contribution < 1.29 is 13.6 Å². The third-order valence-electron chi connectivity index (χ3n) is 7.04. The third kappa shape index (κ3) is 6.41. The molecule has 5 heteroatoms. The summed E-state index contributed by atoms with van der Waals surface area (Å²) in [6.45, 7) is 7.28. The second-order valence-electron chi connectivity index (χ2n) is 10.4. The number of hydrogen-bond acceptors (Lipinski definition) is 2. The van der Waals surface area contributed by atoms with Crippen LogP contribution in [0, 0.1) is 11.7 Å². The van der Waals surface area contributed by atoms with E-state index in [-0.39, 0.29) is 11.7 Å². The summed E-state index contributed by atoms with van der Waals surface area (Å²) in [7, 11) is 0. The zero-order chi connectivity index (χ0) is 23.4. The first-order valence-corrected chi connectivity index (χ1v) is 12.4. The van der Waals surface area contributed by atoms with Gasteiger partial charge in [-0.1, -0.05) is 24.3 Å². The SMILES string of the molecule is CC(C)(F)CN1CCC(CCc2ccc(-c3ccc(C(=O)N4CCCC4)cc3)cc2F)CC1. The van der Waals surface area contributed by atoms with Gasteiger partial charge in [0.1, 0.15) is 11.5 Å². The number of halogens is 2. The Morgan fingerprint density at radius 1 is 0.970 bits per heavy atom. The zero-order valence-electron chi connectivity index (χ0n) is 20.0. The molecule has 0 radical (unpaired) electrons. The predicted octanol–water partition coefficient (Wildman–Crippen LogP) is 6.12. The van der Waals surface area contributed by atoms with Gasteiger partial charge in [0.05, 0.1) is 0 Å². The van der Waals surface area contributed by atoms with E-state index in [1.54, 1.807) is 19.9 Å². The number of alkyl halides is 1. The van der Waals surface area contributed by atoms with Crippen LogP contribution in [-0.2, 0) is 6.42 Å². The molecule has 0 bridgehead atoms. The second-order valence-corrected chi connectivity index (χ2v) is 10.4. The molecule has 0 atom stereocenters. The Kier molecular flexibility index (Phi) is 7.48. The van der Waals surface area contributed by atoms with Crippen molar-refractivity contribution in [2.24, 2.45) is 5.92 Å². The van der Waals surface area contributed by atoms with Crippen LogP contribution < -0.4 is 0 Å². The van der Waals surface area contributed by atoms with E-state index >= 15 is 0 Å². The molecule has 2 fully saturated rings. The number of hydrogen-bond donors (Lipinski definition) is 0. The normalized spacial score (nSPS) is 18.1. The summed E-state index contributed by atoms with van der Waals surface area (Å²) in [5.74, 6) is 0.491. The van der Waals surface area contributed by atoms with Crippen LogP contribution in [0.4, 0.5) is 8.78 Å². The number of carbonyl (C=O) groups excluding carboxylic acids is 1. The monoisotopic (exact) mass is 454 g/mol. The fourth-order valence-corrected chi connectivity index (χ4v) is 5.16. The van der Waals surface area contributed by atoms with Crippen LogP contribution in [-0.4, -0.2) is 54.1 Å². The minimum absolute atomic E-state index is 0.0832. The van der Waals surface area contributed by atoms with Gasteiger partial charge in [-0.25, -0.2) is 8.78 Å². The summed E-state index contributed by atoms with van der Waals surface area (Å²) in [6, 6.07) is 13.0. The fourth-order valence-electron chi connectivity index (χ4n) is 5.16. The lowest BCUT2D eigenvalue weighted by Crippen LogP contribution is -2.41. The molecule has 0 spiro atoms. The quantitative estimate of drug-likeness (QED) is 0.503. The molecule has 2 heterocycles. The molecule has 2 saturated heterocycles. The highest BCUT2D eigenvalue weighted by atomic mass is 19.1. The zero-order valence-corrected chi connectivity index (χ0v) is 20.0. The smallest absolute Gasteiger partial charge is 0.253 e. The molecule has 4 rings (SSSR count). The van der Waals surface area contributed by atoms with Gasteiger partial charge < -0.3 is 9.80 Å². The molecule has 1 amide bonds. The Morgan fingerprint density at radius 2 is 1.61 bits per heavy atom. The van der Waals surface area contributed by atoms with Crippen LogP contribution in [0.5, 0.6) is 0 Å². The van der Waals surface area contributed by atoms with Crippen LogP contribution in [0.1, 0.15) is 61.9 Å². The Labute approximate surface area is 196 Å². The summed E-state index contributed by atoms with van der Waals surface area (Å²) < 4.78 is 28.7. The van der Waals surface area contributed by atoms with E-state index in [0.717, 1.165) is 81.4 Å². The number of nitrogens with zero attached hydrogens (tertiary/aromatic N) is 2. The van der Waals surface area contributed by atoms with E-state index in [0.29, 0.717) is 18.0 Å². The molecule has 0 N–H and O–H groups in total. The van der Waals surface area contributed by atoms with Gasteiger partial charge in [0.25, 0.3) is 5.91 Å². The summed E-state index contributed by atoms with van der Waals surface area (Å²) in [5.41, 5.74) is 2.05. The minimum Gasteiger partial charge on any atom is -0.339 e. The van der Waals surface area contributed by atoms with E-state index in [4.69, 9.17) is 0 Å². The first-order chi connectivity index (χ1) is 15.8. The van der Waals surface area contributed by atoms with Crippen molar-refractivity contribution in [1.82, 2.24) is 9.80 Å². The van der Waals surface area contributed by atoms with E-state index in [1.807, 2.05) is 41.3 Å². The minimum atomic E-state index is -1.15. The van der Waals surface area contributed by atoms with Crippen molar-refractivity contribution in [2.75, 3.05) is 32.7 Å². The topological polar surface area (TPSA) is 23.6 Å². The highest BCUT2D eigenvalue weighted by molar-refractivity contribution is 5.94. The fraction of sp³-hybridized carbons (Fsp3) is 0.536. The van der Waals surface area contributed by atoms with Crippen molar-refractivity contribution in [3.05, 3.63) is 59.4 Å². The molecule has 0 unspecified atom stereocenters. The first-order valence-electron chi connectivity index (χ1n) is 12.4. The molecule has 2 aliphatic heterocycles. The number of rotatable bonds is 7. The van der Waals surface area contributed by atoms with Crippen molar-refractivity contribution in [2.45, 2.75) is 58.0 Å². The molecule has 3 nitrogen and oxygen atoms in total. The molecule has 0 aromatic heterocycles. The summed E-state index contributed by atoms with van der Waals surface area (Å²) in [4.78, 5) is 16.6. The molecule has 2 aliphatic rings. The van der Waals surface area contributed by atoms with E-state index in [2.05, 4.69) is 4.90 Å². The predicted molar refractivity (Wildman–Crippen MR) is 130 cm³/mol. The average Bonchev–Trinajstić information content (AvgIpc) is 3.33. The lowest BCUT2D eigenvalue weighted by atomic mass is 9.89. The van der Waals surface area contributed by atoms with Gasteiger partial charge in [0, 0.05) is 25.2 Å². The number of likely N-dealkylation sites (tertiary alicyclic amines) is 2. The Balaban J connectivity index is 1.31. The number of carbonyl (C=O) groups is 1. The molecule has 33 heavy (non-hydrogen) atoms. The lowest BCUT2D eigenvalue weighted by Gasteiger charge is -2.34. The van der Waals surface area contributed by atoms with Gasteiger partial charge in [-0.05, 0) is 106 Å². The van der Waals surface area contributed by atoms with Gasteiger partial charge in [-0.3, -0.25) is 4.79 Å². The standard InChI is InChI=1S/C28H36F2N2O/c1-28(2,30)20-31-17-13-21(14-18-31)5-6-23-9-12-25(19-26(23)29)22-7-10-24(11-8-22)27(33)32-15-3-4-16-32/h7-12,19,21H,3-6,13-18,20H2,1-2H3. The molecule has 2 aromatic rings. The van der Waals surface area contributed by atoms with Gasteiger partial charge in [-0.2, -0.15) is 0 Å². The Bertz CT molecular complexity index is 937. The van der Waals surface area contributed by atoms with Crippen LogP contribution >= 0.6 is 0 Å². The van der Waals surface area contributed by atoms with Gasteiger partial charge in [-0.15, -0.1) is 0 Å². The van der Waals surface area contributed by atoms with Crippen molar-refractivity contribution in [3.63, 3.8) is 0 Å². The Hall–Kier alpha value is -2.27. The summed E-state index contributed by atoms with van der Waals surface area (Å²) in [6.07, 6.45) is 5.96. The molecule has 178 valence electrons. The van der Waals surface area contributed by atoms with E-state index in [9.17, 15) is 13.6 Å². The first kappa shape index (κ1) is 23.9. The van der Waals surface area contributed by atoms with Gasteiger partial charge in [0.15, 0.2) is 0 Å². The molecule has 0 aliphatic carbocycles. The van der Waals surface area contributed by atoms with Crippen LogP contribution in [0.3, 0.4) is 0 Å². The number of benzene rings is 2. The second kappa shape index (κ2) is 10.3. The van der Waals surface area contributed by atoms with Crippen molar-refractivity contribution in [3.8, 4) is 11.1 Å². The third-order valence-corrected chi connectivity index (χ3v) is 7.04.